The molecule has 17 heavy (non-hydrogen) atoms. The van der Waals surface area contributed by atoms with Crippen molar-refractivity contribution in [3.8, 4) is 0 Å². The average molecular weight is 342 g/mol. The van der Waals surface area contributed by atoms with E-state index < -0.39 is 5.82 Å². The largest absolute Gasteiger partial charge is 0.319 e. The molecule has 0 saturated carbocycles. The molecule has 0 unspecified atom stereocenters. The lowest BCUT2D eigenvalue weighted by Gasteiger charge is -2.06. The Labute approximate surface area is 111 Å². The van der Waals surface area contributed by atoms with E-state index >= 15 is 0 Å². The molecular formula is C12H8FIN2O. The van der Waals surface area contributed by atoms with Gasteiger partial charge in [-0.1, -0.05) is 0 Å². The van der Waals surface area contributed by atoms with Gasteiger partial charge in [0.1, 0.15) is 5.82 Å². The summed E-state index contributed by atoms with van der Waals surface area (Å²) in [5.41, 5.74) is 0.560. The summed E-state index contributed by atoms with van der Waals surface area (Å²) in [4.78, 5) is 15.6. The van der Waals surface area contributed by atoms with Crippen molar-refractivity contribution in [1.82, 2.24) is 4.98 Å². The molecule has 0 aliphatic rings. The normalized spacial score (nSPS) is 10.0. The Bertz CT molecular complexity index is 545. The van der Waals surface area contributed by atoms with E-state index in [1.165, 1.54) is 18.3 Å². The third kappa shape index (κ3) is 3.00. The lowest BCUT2D eigenvalue weighted by Crippen LogP contribution is -2.13. The number of rotatable bonds is 2. The van der Waals surface area contributed by atoms with E-state index in [9.17, 15) is 9.18 Å². The number of halogens is 2. The number of aromatic nitrogens is 1. The van der Waals surface area contributed by atoms with Crippen LogP contribution >= 0.6 is 22.6 Å². The SMILES string of the molecule is O=C(Nc1ccc(I)cc1F)c1cccnc1. The van der Waals surface area contributed by atoms with Gasteiger partial charge in [-0.05, 0) is 52.9 Å². The first-order chi connectivity index (χ1) is 8.16. The Hall–Kier alpha value is -1.50. The summed E-state index contributed by atoms with van der Waals surface area (Å²) in [6.07, 6.45) is 3.00. The molecule has 0 bridgehead atoms. The fourth-order valence-corrected chi connectivity index (χ4v) is 1.74. The molecule has 0 spiro atoms. The fraction of sp³-hybridized carbons (Fsp3) is 0. The highest BCUT2D eigenvalue weighted by molar-refractivity contribution is 14.1. The number of nitrogens with one attached hydrogen (secondary N) is 1. The zero-order chi connectivity index (χ0) is 12.3. The number of carbonyl (C=O) groups is 1. The van der Waals surface area contributed by atoms with Crippen LogP contribution < -0.4 is 5.32 Å². The van der Waals surface area contributed by atoms with Crippen LogP contribution in [0.25, 0.3) is 0 Å². The van der Waals surface area contributed by atoms with Gasteiger partial charge < -0.3 is 5.32 Å². The summed E-state index contributed by atoms with van der Waals surface area (Å²) < 4.78 is 14.3. The number of pyridine rings is 1. The van der Waals surface area contributed by atoms with Gasteiger partial charge in [0.25, 0.3) is 5.91 Å². The lowest BCUT2D eigenvalue weighted by molar-refractivity contribution is 0.102. The third-order valence-electron chi connectivity index (χ3n) is 2.10. The van der Waals surface area contributed by atoms with Crippen molar-refractivity contribution in [2.24, 2.45) is 0 Å². The molecule has 0 aliphatic heterocycles. The van der Waals surface area contributed by atoms with Crippen molar-refractivity contribution >= 4 is 34.2 Å². The second-order valence-electron chi connectivity index (χ2n) is 3.32. The van der Waals surface area contributed by atoms with Crippen LogP contribution in [0.2, 0.25) is 0 Å². The van der Waals surface area contributed by atoms with Gasteiger partial charge in [-0.2, -0.15) is 0 Å². The molecule has 1 aromatic carbocycles. The van der Waals surface area contributed by atoms with Crippen molar-refractivity contribution in [2.45, 2.75) is 0 Å². The number of nitrogens with zero attached hydrogens (tertiary/aromatic N) is 1. The highest BCUT2D eigenvalue weighted by atomic mass is 127. The second-order valence-corrected chi connectivity index (χ2v) is 4.57. The Balaban J connectivity index is 2.19. The highest BCUT2D eigenvalue weighted by Crippen LogP contribution is 2.17. The molecule has 0 atom stereocenters. The van der Waals surface area contributed by atoms with Gasteiger partial charge in [-0.3, -0.25) is 9.78 Å². The van der Waals surface area contributed by atoms with Crippen molar-refractivity contribution < 1.29 is 9.18 Å². The van der Waals surface area contributed by atoms with Crippen molar-refractivity contribution in [2.75, 3.05) is 5.32 Å². The maximum atomic E-state index is 13.5. The number of anilines is 1. The van der Waals surface area contributed by atoms with E-state index in [2.05, 4.69) is 10.3 Å². The van der Waals surface area contributed by atoms with Crippen molar-refractivity contribution in [3.63, 3.8) is 0 Å². The molecule has 3 nitrogen and oxygen atoms in total. The average Bonchev–Trinajstić information content (AvgIpc) is 2.34. The van der Waals surface area contributed by atoms with Gasteiger partial charge in [0.2, 0.25) is 0 Å². The molecular weight excluding hydrogens is 334 g/mol. The van der Waals surface area contributed by atoms with Crippen LogP contribution in [-0.2, 0) is 0 Å². The van der Waals surface area contributed by atoms with E-state index in [1.807, 2.05) is 22.6 Å². The van der Waals surface area contributed by atoms with Gasteiger partial charge in [-0.15, -0.1) is 0 Å². The van der Waals surface area contributed by atoms with Gasteiger partial charge in [0.05, 0.1) is 11.3 Å². The van der Waals surface area contributed by atoms with Crippen LogP contribution in [0, 0.1) is 9.39 Å². The molecule has 86 valence electrons. The first-order valence-electron chi connectivity index (χ1n) is 4.83. The third-order valence-corrected chi connectivity index (χ3v) is 2.77. The van der Waals surface area contributed by atoms with Crippen LogP contribution in [0.3, 0.4) is 0 Å². The predicted octanol–water partition coefficient (Wildman–Crippen LogP) is 3.08. The molecule has 1 N–H and O–H groups in total. The summed E-state index contributed by atoms with van der Waals surface area (Å²) in [5, 5.41) is 2.50. The molecule has 0 fully saturated rings. The van der Waals surface area contributed by atoms with E-state index in [0.29, 0.717) is 5.56 Å². The number of hydrogen-bond acceptors (Lipinski definition) is 2. The molecule has 0 radical (unpaired) electrons. The predicted molar refractivity (Wildman–Crippen MR) is 71.3 cm³/mol. The zero-order valence-corrected chi connectivity index (χ0v) is 10.8. The number of carbonyl (C=O) groups excluding carboxylic acids is 1. The molecule has 1 aromatic heterocycles. The zero-order valence-electron chi connectivity index (χ0n) is 8.65. The minimum absolute atomic E-state index is 0.166. The molecule has 2 aromatic rings. The van der Waals surface area contributed by atoms with Crippen molar-refractivity contribution in [3.05, 3.63) is 57.7 Å². The van der Waals surface area contributed by atoms with E-state index in [1.54, 1.807) is 24.4 Å². The van der Waals surface area contributed by atoms with Crippen LogP contribution in [0.15, 0.2) is 42.7 Å². The molecule has 1 heterocycles. The smallest absolute Gasteiger partial charge is 0.257 e. The minimum atomic E-state index is -0.450. The molecule has 1 amide bonds. The Kier molecular flexibility index (Phi) is 3.68. The van der Waals surface area contributed by atoms with Gasteiger partial charge in [-0.25, -0.2) is 4.39 Å². The second kappa shape index (κ2) is 5.22. The van der Waals surface area contributed by atoms with E-state index in [4.69, 9.17) is 0 Å². The lowest BCUT2D eigenvalue weighted by atomic mass is 10.2. The summed E-state index contributed by atoms with van der Waals surface area (Å²) in [7, 11) is 0. The van der Waals surface area contributed by atoms with Crippen LogP contribution in [-0.4, -0.2) is 10.9 Å². The maximum absolute atomic E-state index is 13.5. The van der Waals surface area contributed by atoms with Crippen LogP contribution in [0.4, 0.5) is 10.1 Å². The molecule has 0 aliphatic carbocycles. The Morgan fingerprint density at radius 2 is 2.18 bits per heavy atom. The van der Waals surface area contributed by atoms with Gasteiger partial charge >= 0.3 is 0 Å². The van der Waals surface area contributed by atoms with E-state index in [-0.39, 0.29) is 11.6 Å². The fourth-order valence-electron chi connectivity index (χ4n) is 1.28. The molecule has 0 saturated heterocycles. The molecule has 2 rings (SSSR count). The Morgan fingerprint density at radius 1 is 1.35 bits per heavy atom. The van der Waals surface area contributed by atoms with Gasteiger partial charge in [0.15, 0.2) is 0 Å². The van der Waals surface area contributed by atoms with E-state index in [0.717, 1.165) is 3.57 Å². The van der Waals surface area contributed by atoms with Crippen LogP contribution in [0.1, 0.15) is 10.4 Å². The number of benzene rings is 1. The topological polar surface area (TPSA) is 42.0 Å². The van der Waals surface area contributed by atoms with Gasteiger partial charge in [0, 0.05) is 16.0 Å². The van der Waals surface area contributed by atoms with Crippen molar-refractivity contribution in [1.29, 1.82) is 0 Å². The first-order valence-corrected chi connectivity index (χ1v) is 5.91. The summed E-state index contributed by atoms with van der Waals surface area (Å²) in [5.74, 6) is -0.827. The summed E-state index contributed by atoms with van der Waals surface area (Å²) in [6, 6.07) is 7.89. The Morgan fingerprint density at radius 3 is 2.82 bits per heavy atom. The summed E-state index contributed by atoms with van der Waals surface area (Å²) >= 11 is 2.00. The molecule has 5 heteroatoms. The highest BCUT2D eigenvalue weighted by Gasteiger charge is 2.09. The summed E-state index contributed by atoms with van der Waals surface area (Å²) in [6.45, 7) is 0. The minimum Gasteiger partial charge on any atom is -0.319 e. The quantitative estimate of drug-likeness (QED) is 0.853. The monoisotopic (exact) mass is 342 g/mol. The standard InChI is InChI=1S/C12H8FIN2O/c13-10-6-9(14)3-4-11(10)16-12(17)8-2-1-5-15-7-8/h1-7H,(H,16,17). The number of amides is 1. The maximum Gasteiger partial charge on any atom is 0.257 e. The van der Waals surface area contributed by atoms with Crippen LogP contribution in [0.5, 0.6) is 0 Å². The number of hydrogen-bond donors (Lipinski definition) is 1. The first kappa shape index (κ1) is 12.0.